The second-order valence-electron chi connectivity index (χ2n) is 4.07. The average Bonchev–Trinajstić information content (AvgIpc) is 3.01. The number of anilines is 1. The molecule has 4 nitrogen and oxygen atoms in total. The first-order valence-corrected chi connectivity index (χ1v) is 8.29. The number of hydrogen-bond donors (Lipinski definition) is 2. The van der Waals surface area contributed by atoms with Crippen molar-refractivity contribution in [2.24, 2.45) is 0 Å². The fraction of sp³-hybridized carbons (Fsp3) is 0.0769. The van der Waals surface area contributed by atoms with Gasteiger partial charge in [0.2, 0.25) is 0 Å². The van der Waals surface area contributed by atoms with E-state index in [-0.39, 0.29) is 5.91 Å². The molecule has 0 aliphatic rings. The summed E-state index contributed by atoms with van der Waals surface area (Å²) >= 11 is 6.40. The number of aromatic nitrogens is 1. The summed E-state index contributed by atoms with van der Waals surface area (Å²) in [4.78, 5) is 18.0. The minimum absolute atomic E-state index is 0.161. The number of nitrogen functional groups attached to an aromatic ring is 1. The van der Waals surface area contributed by atoms with Crippen molar-refractivity contribution in [1.29, 1.82) is 0 Å². The number of nitrogens with one attached hydrogen (secondary N) is 1. The van der Waals surface area contributed by atoms with Gasteiger partial charge in [-0.25, -0.2) is 0 Å². The monoisotopic (exact) mass is 367 g/mol. The molecule has 3 aromatic rings. The smallest absolute Gasteiger partial charge is 0.263 e. The first-order valence-electron chi connectivity index (χ1n) is 5.80. The van der Waals surface area contributed by atoms with E-state index in [1.165, 1.54) is 11.3 Å². The molecule has 0 bridgehead atoms. The van der Waals surface area contributed by atoms with E-state index >= 15 is 0 Å². The summed E-state index contributed by atoms with van der Waals surface area (Å²) in [5.74, 6) is -0.161. The van der Waals surface area contributed by atoms with Gasteiger partial charge in [0.05, 0.1) is 16.9 Å². The van der Waals surface area contributed by atoms with Crippen LogP contribution in [0.1, 0.15) is 14.5 Å². The highest BCUT2D eigenvalue weighted by molar-refractivity contribution is 9.10. The van der Waals surface area contributed by atoms with Gasteiger partial charge in [-0.1, -0.05) is 0 Å². The first-order chi connectivity index (χ1) is 9.66. The van der Waals surface area contributed by atoms with Gasteiger partial charge in [-0.3, -0.25) is 9.78 Å². The average molecular weight is 368 g/mol. The van der Waals surface area contributed by atoms with E-state index < -0.39 is 0 Å². The van der Waals surface area contributed by atoms with Crippen LogP contribution >= 0.6 is 38.6 Å². The Bertz CT molecular complexity index is 781. The zero-order chi connectivity index (χ0) is 14.1. The Balaban J connectivity index is 1.82. The topological polar surface area (TPSA) is 68.0 Å². The fourth-order valence-corrected chi connectivity index (χ4v) is 4.24. The van der Waals surface area contributed by atoms with Crippen LogP contribution in [0.2, 0.25) is 0 Å². The molecule has 3 aromatic heterocycles. The third-order valence-corrected chi connectivity index (χ3v) is 5.87. The molecule has 3 heterocycles. The summed E-state index contributed by atoms with van der Waals surface area (Å²) < 4.78 is 1.93. The molecule has 0 atom stereocenters. The summed E-state index contributed by atoms with van der Waals surface area (Å²) in [6.45, 7) is 0.484. The lowest BCUT2D eigenvalue weighted by Gasteiger charge is -2.03. The summed E-state index contributed by atoms with van der Waals surface area (Å²) in [7, 11) is 0. The van der Waals surface area contributed by atoms with Crippen LogP contribution in [-0.4, -0.2) is 10.9 Å². The van der Waals surface area contributed by atoms with Crippen molar-refractivity contribution in [3.63, 3.8) is 0 Å². The molecule has 0 aliphatic heterocycles. The van der Waals surface area contributed by atoms with Gasteiger partial charge in [0, 0.05) is 15.5 Å². The molecule has 0 saturated heterocycles. The van der Waals surface area contributed by atoms with E-state index in [1.807, 2.05) is 23.6 Å². The van der Waals surface area contributed by atoms with Crippen molar-refractivity contribution in [2.75, 3.05) is 5.73 Å². The minimum atomic E-state index is -0.161. The highest BCUT2D eigenvalue weighted by Gasteiger charge is 2.17. The number of hydrogen-bond acceptors (Lipinski definition) is 5. The van der Waals surface area contributed by atoms with Gasteiger partial charge in [0.1, 0.15) is 10.4 Å². The third-order valence-electron chi connectivity index (χ3n) is 2.79. The summed E-state index contributed by atoms with van der Waals surface area (Å²) in [6.07, 6.45) is 1.68. The Kier molecular flexibility index (Phi) is 3.73. The first kappa shape index (κ1) is 13.5. The Labute approximate surface area is 131 Å². The van der Waals surface area contributed by atoms with Crippen molar-refractivity contribution in [2.45, 2.75) is 6.54 Å². The molecule has 0 saturated carbocycles. The van der Waals surface area contributed by atoms with Crippen LogP contribution < -0.4 is 11.1 Å². The number of carbonyl (C=O) groups is 1. The predicted octanol–water partition coefficient (Wildman–Crippen LogP) is 3.63. The molecule has 3 N–H and O–H groups in total. The zero-order valence-corrected chi connectivity index (χ0v) is 13.4. The summed E-state index contributed by atoms with van der Waals surface area (Å²) in [5.41, 5.74) is 7.15. The van der Waals surface area contributed by atoms with E-state index in [1.54, 1.807) is 17.5 Å². The maximum absolute atomic E-state index is 12.2. The predicted molar refractivity (Wildman–Crippen MR) is 87.2 cm³/mol. The Morgan fingerprint density at radius 3 is 3.00 bits per heavy atom. The maximum atomic E-state index is 12.2. The summed E-state index contributed by atoms with van der Waals surface area (Å²) in [6, 6.07) is 5.71. The standard InChI is InChI=1S/C13H10BrN3OS2/c14-7-3-5-19-9(7)6-17-13(18)12-10(15)11-8(20-12)2-1-4-16-11/h1-5H,6,15H2,(H,17,18). The molecule has 0 aromatic carbocycles. The number of nitrogens with two attached hydrogens (primary N) is 1. The van der Waals surface area contributed by atoms with E-state index in [0.717, 1.165) is 14.0 Å². The van der Waals surface area contributed by atoms with Crippen LogP contribution in [0, 0.1) is 0 Å². The van der Waals surface area contributed by atoms with Crippen LogP contribution in [0.15, 0.2) is 34.2 Å². The zero-order valence-electron chi connectivity index (χ0n) is 10.2. The second-order valence-corrected chi connectivity index (χ2v) is 6.98. The highest BCUT2D eigenvalue weighted by atomic mass is 79.9. The lowest BCUT2D eigenvalue weighted by atomic mass is 10.3. The lowest BCUT2D eigenvalue weighted by Crippen LogP contribution is -2.22. The van der Waals surface area contributed by atoms with Crippen LogP contribution in [0.4, 0.5) is 5.69 Å². The molecule has 0 spiro atoms. The van der Waals surface area contributed by atoms with Crippen molar-refractivity contribution in [3.05, 3.63) is 44.0 Å². The lowest BCUT2D eigenvalue weighted by molar-refractivity contribution is 0.0956. The van der Waals surface area contributed by atoms with Gasteiger partial charge < -0.3 is 11.1 Å². The Morgan fingerprint density at radius 1 is 1.45 bits per heavy atom. The van der Waals surface area contributed by atoms with Crippen LogP contribution in [-0.2, 0) is 6.54 Å². The molecule has 0 fully saturated rings. The van der Waals surface area contributed by atoms with Gasteiger partial charge >= 0.3 is 0 Å². The maximum Gasteiger partial charge on any atom is 0.263 e. The fourth-order valence-electron chi connectivity index (χ4n) is 1.81. The molecule has 3 rings (SSSR count). The van der Waals surface area contributed by atoms with Gasteiger partial charge in [-0.05, 0) is 39.5 Å². The number of nitrogens with zero attached hydrogens (tertiary/aromatic N) is 1. The van der Waals surface area contributed by atoms with E-state index in [4.69, 9.17) is 5.73 Å². The minimum Gasteiger partial charge on any atom is -0.396 e. The van der Waals surface area contributed by atoms with E-state index in [9.17, 15) is 4.79 Å². The SMILES string of the molecule is Nc1c(C(=O)NCc2sccc2Br)sc2cccnc12. The molecule has 1 amide bonds. The molecule has 102 valence electrons. The number of halogens is 1. The Hall–Kier alpha value is -1.44. The number of fused-ring (bicyclic) bond motifs is 1. The molecule has 0 aliphatic carbocycles. The van der Waals surface area contributed by atoms with Crippen LogP contribution in [0.5, 0.6) is 0 Å². The largest absolute Gasteiger partial charge is 0.396 e. The van der Waals surface area contributed by atoms with Gasteiger partial charge in [0.15, 0.2) is 0 Å². The van der Waals surface area contributed by atoms with Crippen LogP contribution in [0.25, 0.3) is 10.2 Å². The highest BCUT2D eigenvalue weighted by Crippen LogP contribution is 2.31. The molecule has 7 heteroatoms. The van der Waals surface area contributed by atoms with Crippen molar-refractivity contribution in [1.82, 2.24) is 10.3 Å². The molecular formula is C13H10BrN3OS2. The number of pyridine rings is 1. The van der Waals surface area contributed by atoms with E-state index in [2.05, 4.69) is 26.2 Å². The van der Waals surface area contributed by atoms with Crippen LogP contribution in [0.3, 0.4) is 0 Å². The molecule has 0 unspecified atom stereocenters. The van der Waals surface area contributed by atoms with Gasteiger partial charge in [0.25, 0.3) is 5.91 Å². The second kappa shape index (κ2) is 5.51. The quantitative estimate of drug-likeness (QED) is 0.742. The third kappa shape index (κ3) is 2.44. The molecule has 0 radical (unpaired) electrons. The van der Waals surface area contributed by atoms with Crippen molar-refractivity contribution >= 4 is 60.4 Å². The number of amides is 1. The Morgan fingerprint density at radius 2 is 2.30 bits per heavy atom. The van der Waals surface area contributed by atoms with Gasteiger partial charge in [-0.2, -0.15) is 0 Å². The van der Waals surface area contributed by atoms with Crippen molar-refractivity contribution in [3.8, 4) is 0 Å². The number of rotatable bonds is 3. The van der Waals surface area contributed by atoms with Crippen molar-refractivity contribution < 1.29 is 4.79 Å². The van der Waals surface area contributed by atoms with E-state index in [0.29, 0.717) is 22.6 Å². The number of thiophene rings is 2. The summed E-state index contributed by atoms with van der Waals surface area (Å²) in [5, 5.41) is 4.86. The normalized spacial score (nSPS) is 10.8. The van der Waals surface area contributed by atoms with Gasteiger partial charge in [-0.15, -0.1) is 22.7 Å². The molecule has 20 heavy (non-hydrogen) atoms. The molecular weight excluding hydrogens is 358 g/mol. The number of carbonyl (C=O) groups excluding carboxylic acids is 1.